The minimum Gasteiger partial charge on any atom is -0.507 e. The fraction of sp³-hybridized carbons (Fsp3) is 0.273. The number of phenolic OH excluding ortho intramolecular Hbond substituents is 1. The van der Waals surface area contributed by atoms with Gasteiger partial charge in [0.15, 0.2) is 0 Å². The van der Waals surface area contributed by atoms with Crippen molar-refractivity contribution in [1.82, 2.24) is 0 Å². The summed E-state index contributed by atoms with van der Waals surface area (Å²) in [5.41, 5.74) is 6.95. The molecule has 174 valence electrons. The summed E-state index contributed by atoms with van der Waals surface area (Å²) in [4.78, 5) is 0. The Morgan fingerprint density at radius 1 is 0.588 bits per heavy atom. The van der Waals surface area contributed by atoms with Crippen molar-refractivity contribution in [2.75, 3.05) is 0 Å². The number of hydrogen-bond donors (Lipinski definition) is 1. The highest BCUT2D eigenvalue weighted by molar-refractivity contribution is 5.79. The highest BCUT2D eigenvalue weighted by Crippen LogP contribution is 2.41. The van der Waals surface area contributed by atoms with E-state index in [0.29, 0.717) is 11.7 Å². The zero-order chi connectivity index (χ0) is 23.6. The molecule has 4 aromatic rings. The minimum absolute atomic E-state index is 0.309. The third-order valence-corrected chi connectivity index (χ3v) is 6.78. The third-order valence-electron chi connectivity index (χ3n) is 6.78. The van der Waals surface area contributed by atoms with Crippen LogP contribution in [0.2, 0.25) is 0 Å². The van der Waals surface area contributed by atoms with Gasteiger partial charge in [-0.05, 0) is 46.4 Å². The molecule has 0 heterocycles. The molecule has 1 atom stereocenters. The summed E-state index contributed by atoms with van der Waals surface area (Å²) in [6, 6.07) is 35.8. The van der Waals surface area contributed by atoms with Crippen LogP contribution in [0.25, 0.3) is 22.3 Å². The van der Waals surface area contributed by atoms with Gasteiger partial charge >= 0.3 is 0 Å². The summed E-state index contributed by atoms with van der Waals surface area (Å²) >= 11 is 0. The minimum atomic E-state index is 0.309. The highest BCUT2D eigenvalue weighted by Gasteiger charge is 2.19. The number of unbranched alkanes of at least 4 members (excludes halogenated alkanes) is 5. The van der Waals surface area contributed by atoms with E-state index in [1.807, 2.05) is 18.2 Å². The molecule has 1 heteroatoms. The molecular formula is C33H36O. The van der Waals surface area contributed by atoms with E-state index in [9.17, 15) is 5.11 Å². The Bertz CT molecular complexity index is 1150. The molecule has 1 N–H and O–H groups in total. The Balaban J connectivity index is 1.69. The second kappa shape index (κ2) is 12.2. The summed E-state index contributed by atoms with van der Waals surface area (Å²) in [6.07, 6.45) is 8.88. The Kier molecular flexibility index (Phi) is 8.57. The zero-order valence-corrected chi connectivity index (χ0v) is 20.3. The second-order valence-corrected chi connectivity index (χ2v) is 9.20. The van der Waals surface area contributed by atoms with Gasteiger partial charge in [0.1, 0.15) is 5.75 Å². The van der Waals surface area contributed by atoms with Gasteiger partial charge in [-0.3, -0.25) is 0 Å². The standard InChI is InChI=1S/C33H36O/c1-2-3-4-5-6-13-20-29(27-18-11-8-12-19-27)30-21-14-15-22-31(30)32-25-28(23-24-33(32)34)26-16-9-7-10-17-26/h7-12,14-19,21-25,29,34H,2-6,13,20H2,1H3. The zero-order valence-electron chi connectivity index (χ0n) is 20.3. The van der Waals surface area contributed by atoms with Gasteiger partial charge in [0.2, 0.25) is 0 Å². The largest absolute Gasteiger partial charge is 0.507 e. The van der Waals surface area contributed by atoms with E-state index in [2.05, 4.69) is 91.9 Å². The molecule has 0 aromatic heterocycles. The molecule has 4 aromatic carbocycles. The van der Waals surface area contributed by atoms with E-state index in [1.54, 1.807) is 0 Å². The molecule has 34 heavy (non-hydrogen) atoms. The predicted molar refractivity (Wildman–Crippen MR) is 145 cm³/mol. The maximum atomic E-state index is 10.9. The van der Waals surface area contributed by atoms with Gasteiger partial charge in [-0.1, -0.05) is 136 Å². The molecule has 0 aliphatic carbocycles. The van der Waals surface area contributed by atoms with Crippen molar-refractivity contribution in [2.24, 2.45) is 0 Å². The average molecular weight is 449 g/mol. The van der Waals surface area contributed by atoms with Crippen LogP contribution in [0.5, 0.6) is 5.75 Å². The molecule has 0 fully saturated rings. The van der Waals surface area contributed by atoms with Gasteiger partial charge in [-0.15, -0.1) is 0 Å². The predicted octanol–water partition coefficient (Wildman–Crippen LogP) is 9.61. The second-order valence-electron chi connectivity index (χ2n) is 9.20. The Morgan fingerprint density at radius 2 is 1.24 bits per heavy atom. The van der Waals surface area contributed by atoms with E-state index < -0.39 is 0 Å². The molecule has 0 saturated heterocycles. The van der Waals surface area contributed by atoms with Gasteiger partial charge in [0, 0.05) is 11.5 Å². The quantitative estimate of drug-likeness (QED) is 0.226. The summed E-state index contributed by atoms with van der Waals surface area (Å²) in [7, 11) is 0. The first-order chi connectivity index (χ1) is 16.8. The Morgan fingerprint density at radius 3 is 2.00 bits per heavy atom. The molecule has 0 bridgehead atoms. The first-order valence-corrected chi connectivity index (χ1v) is 12.8. The van der Waals surface area contributed by atoms with E-state index in [0.717, 1.165) is 28.7 Å². The van der Waals surface area contributed by atoms with Crippen LogP contribution in [-0.4, -0.2) is 5.11 Å². The summed E-state index contributed by atoms with van der Waals surface area (Å²) < 4.78 is 0. The van der Waals surface area contributed by atoms with Crippen molar-refractivity contribution < 1.29 is 5.11 Å². The number of benzene rings is 4. The lowest BCUT2D eigenvalue weighted by Gasteiger charge is -2.22. The number of hydrogen-bond acceptors (Lipinski definition) is 1. The van der Waals surface area contributed by atoms with Crippen LogP contribution in [-0.2, 0) is 0 Å². The highest BCUT2D eigenvalue weighted by atomic mass is 16.3. The van der Waals surface area contributed by atoms with E-state index in [4.69, 9.17) is 0 Å². The topological polar surface area (TPSA) is 20.2 Å². The summed E-state index contributed by atoms with van der Waals surface area (Å²) in [6.45, 7) is 2.27. The summed E-state index contributed by atoms with van der Waals surface area (Å²) in [5.74, 6) is 0.641. The summed E-state index contributed by atoms with van der Waals surface area (Å²) in [5, 5.41) is 10.9. The molecule has 1 nitrogen and oxygen atoms in total. The van der Waals surface area contributed by atoms with Crippen LogP contribution in [0.15, 0.2) is 103 Å². The van der Waals surface area contributed by atoms with Crippen molar-refractivity contribution in [3.8, 4) is 28.0 Å². The van der Waals surface area contributed by atoms with Gasteiger partial charge < -0.3 is 5.11 Å². The van der Waals surface area contributed by atoms with Crippen molar-refractivity contribution in [2.45, 2.75) is 57.8 Å². The number of phenols is 1. The van der Waals surface area contributed by atoms with Gasteiger partial charge in [0.25, 0.3) is 0 Å². The molecular weight excluding hydrogens is 412 g/mol. The van der Waals surface area contributed by atoms with Crippen molar-refractivity contribution >= 4 is 0 Å². The number of rotatable bonds is 11. The maximum Gasteiger partial charge on any atom is 0.123 e. The van der Waals surface area contributed by atoms with Crippen LogP contribution in [0, 0.1) is 0 Å². The molecule has 1 unspecified atom stereocenters. The maximum absolute atomic E-state index is 10.9. The Labute approximate surface area is 205 Å². The first-order valence-electron chi connectivity index (χ1n) is 12.8. The van der Waals surface area contributed by atoms with Crippen LogP contribution in [0.4, 0.5) is 0 Å². The fourth-order valence-corrected chi connectivity index (χ4v) is 4.92. The Hall–Kier alpha value is -3.32. The first kappa shape index (κ1) is 23.8. The van der Waals surface area contributed by atoms with Gasteiger partial charge in [0.05, 0.1) is 0 Å². The van der Waals surface area contributed by atoms with E-state index >= 15 is 0 Å². The SMILES string of the molecule is CCCCCCCCC(c1ccccc1)c1ccccc1-c1cc(-c2ccccc2)ccc1O. The lowest BCUT2D eigenvalue weighted by Crippen LogP contribution is -2.04. The molecule has 4 rings (SSSR count). The fourth-order valence-electron chi connectivity index (χ4n) is 4.92. The van der Waals surface area contributed by atoms with Crippen molar-refractivity contribution in [1.29, 1.82) is 0 Å². The molecule has 0 aliphatic rings. The normalized spacial score (nSPS) is 11.9. The smallest absolute Gasteiger partial charge is 0.123 e. The molecule has 0 spiro atoms. The monoisotopic (exact) mass is 448 g/mol. The lowest BCUT2D eigenvalue weighted by atomic mass is 9.82. The van der Waals surface area contributed by atoms with Gasteiger partial charge in [-0.2, -0.15) is 0 Å². The lowest BCUT2D eigenvalue weighted by molar-refractivity contribution is 0.477. The molecule has 0 aliphatic heterocycles. The van der Waals surface area contributed by atoms with E-state index in [1.165, 1.54) is 49.7 Å². The van der Waals surface area contributed by atoms with Crippen molar-refractivity contribution in [3.63, 3.8) is 0 Å². The third kappa shape index (κ3) is 5.97. The van der Waals surface area contributed by atoms with Crippen LogP contribution < -0.4 is 0 Å². The van der Waals surface area contributed by atoms with Crippen molar-refractivity contribution in [3.05, 3.63) is 114 Å². The van der Waals surface area contributed by atoms with Crippen LogP contribution >= 0.6 is 0 Å². The van der Waals surface area contributed by atoms with Crippen LogP contribution in [0.3, 0.4) is 0 Å². The number of aromatic hydroxyl groups is 1. The molecule has 0 saturated carbocycles. The van der Waals surface area contributed by atoms with E-state index in [-0.39, 0.29) is 0 Å². The molecule has 0 radical (unpaired) electrons. The molecule has 0 amide bonds. The van der Waals surface area contributed by atoms with Crippen LogP contribution in [0.1, 0.15) is 68.9 Å². The average Bonchev–Trinajstić information content (AvgIpc) is 2.90. The van der Waals surface area contributed by atoms with Gasteiger partial charge in [-0.25, -0.2) is 0 Å².